The molecule has 0 amide bonds. The van der Waals surface area contributed by atoms with E-state index in [0.29, 0.717) is 11.4 Å². The molecule has 0 bridgehead atoms. The molecule has 0 radical (unpaired) electrons. The largest absolute Gasteiger partial charge is 0.324 e. The highest BCUT2D eigenvalue weighted by molar-refractivity contribution is 9.10. The number of halogens is 4. The molecule has 0 heterocycles. The van der Waals surface area contributed by atoms with E-state index in [2.05, 4.69) is 15.9 Å². The summed E-state index contributed by atoms with van der Waals surface area (Å²) in [6.07, 6.45) is 0.490. The van der Waals surface area contributed by atoms with Crippen LogP contribution in [0.25, 0.3) is 0 Å². The van der Waals surface area contributed by atoms with E-state index >= 15 is 0 Å². The van der Waals surface area contributed by atoms with Gasteiger partial charge >= 0.3 is 0 Å². The van der Waals surface area contributed by atoms with Gasteiger partial charge in [0, 0.05) is 10.5 Å². The predicted molar refractivity (Wildman–Crippen MR) is 81.2 cm³/mol. The zero-order valence-electron chi connectivity index (χ0n) is 9.84. The van der Waals surface area contributed by atoms with Gasteiger partial charge in [-0.15, -0.1) is 0 Å². The van der Waals surface area contributed by atoms with Crippen molar-refractivity contribution < 1.29 is 4.39 Å². The Bertz CT molecular complexity index is 604. The molecule has 0 saturated heterocycles. The third-order valence-electron chi connectivity index (χ3n) is 2.82. The summed E-state index contributed by atoms with van der Waals surface area (Å²) in [5.74, 6) is -0.438. The van der Waals surface area contributed by atoms with Gasteiger partial charge in [-0.05, 0) is 51.7 Å². The summed E-state index contributed by atoms with van der Waals surface area (Å²) in [6.45, 7) is 0. The minimum absolute atomic E-state index is 0.109. The van der Waals surface area contributed by atoms with Crippen molar-refractivity contribution >= 4 is 39.1 Å². The van der Waals surface area contributed by atoms with Crippen LogP contribution in [0.4, 0.5) is 4.39 Å². The zero-order valence-corrected chi connectivity index (χ0v) is 12.9. The summed E-state index contributed by atoms with van der Waals surface area (Å²) in [6, 6.07) is 9.97. The molecule has 1 atom stereocenters. The Morgan fingerprint density at radius 2 is 1.95 bits per heavy atom. The van der Waals surface area contributed by atoms with Crippen molar-refractivity contribution in [2.75, 3.05) is 0 Å². The number of nitrogens with two attached hydrogens (primary N) is 1. The van der Waals surface area contributed by atoms with Crippen LogP contribution in [-0.4, -0.2) is 0 Å². The summed E-state index contributed by atoms with van der Waals surface area (Å²) in [5, 5.41) is 0.697. The average Bonchev–Trinajstić information content (AvgIpc) is 2.37. The molecule has 0 saturated carbocycles. The molecule has 2 N–H and O–H groups in total. The predicted octanol–water partition coefficient (Wildman–Crippen LogP) is 5.14. The van der Waals surface area contributed by atoms with Gasteiger partial charge in [0.2, 0.25) is 0 Å². The maximum absolute atomic E-state index is 13.4. The number of hydrogen-bond donors (Lipinski definition) is 1. The Hall–Kier alpha value is -0.610. The molecule has 19 heavy (non-hydrogen) atoms. The summed E-state index contributed by atoms with van der Waals surface area (Å²) < 4.78 is 14.2. The van der Waals surface area contributed by atoms with Crippen molar-refractivity contribution in [3.63, 3.8) is 0 Å². The second kappa shape index (κ2) is 6.23. The summed E-state index contributed by atoms with van der Waals surface area (Å²) >= 11 is 15.2. The van der Waals surface area contributed by atoms with E-state index in [9.17, 15) is 4.39 Å². The minimum atomic E-state index is -0.438. The summed E-state index contributed by atoms with van der Waals surface area (Å²) in [7, 11) is 0. The number of benzene rings is 2. The molecular weight excluding hydrogens is 352 g/mol. The topological polar surface area (TPSA) is 26.0 Å². The van der Waals surface area contributed by atoms with Crippen molar-refractivity contribution in [3.05, 3.63) is 67.9 Å². The molecule has 5 heteroatoms. The van der Waals surface area contributed by atoms with Gasteiger partial charge < -0.3 is 5.73 Å². The fourth-order valence-corrected chi connectivity index (χ4v) is 2.60. The average molecular weight is 363 g/mol. The van der Waals surface area contributed by atoms with E-state index in [1.807, 2.05) is 18.2 Å². The van der Waals surface area contributed by atoms with Gasteiger partial charge in [-0.25, -0.2) is 4.39 Å². The van der Waals surface area contributed by atoms with E-state index in [1.54, 1.807) is 6.07 Å². The Kier molecular flexibility index (Phi) is 4.85. The van der Waals surface area contributed by atoms with Crippen LogP contribution in [0.1, 0.15) is 17.2 Å². The zero-order chi connectivity index (χ0) is 14.0. The van der Waals surface area contributed by atoms with Crippen molar-refractivity contribution in [3.8, 4) is 0 Å². The fourth-order valence-electron chi connectivity index (χ4n) is 1.84. The first-order valence-electron chi connectivity index (χ1n) is 5.62. The number of rotatable bonds is 3. The summed E-state index contributed by atoms with van der Waals surface area (Å²) in [5.41, 5.74) is 7.73. The van der Waals surface area contributed by atoms with Crippen LogP contribution in [0.5, 0.6) is 0 Å². The monoisotopic (exact) mass is 361 g/mol. The van der Waals surface area contributed by atoms with Gasteiger partial charge in [0.05, 0.1) is 10.0 Å². The van der Waals surface area contributed by atoms with Crippen molar-refractivity contribution in [1.82, 2.24) is 0 Å². The van der Waals surface area contributed by atoms with Crippen molar-refractivity contribution in [2.45, 2.75) is 12.5 Å². The molecule has 0 spiro atoms. The van der Waals surface area contributed by atoms with Gasteiger partial charge in [0.25, 0.3) is 0 Å². The lowest BCUT2D eigenvalue weighted by Gasteiger charge is -2.15. The second-order valence-electron chi connectivity index (χ2n) is 4.20. The van der Waals surface area contributed by atoms with Crippen LogP contribution in [-0.2, 0) is 6.42 Å². The number of hydrogen-bond acceptors (Lipinski definition) is 1. The standard InChI is InChI=1S/C14H11BrCl2FN/c15-10-3-1-2-9(14(10)17)13(19)7-8-4-5-11(16)12(18)6-8/h1-6,13H,7,19H2. The molecule has 1 unspecified atom stereocenters. The Balaban J connectivity index is 2.23. The van der Waals surface area contributed by atoms with E-state index in [4.69, 9.17) is 28.9 Å². The van der Waals surface area contributed by atoms with Gasteiger partial charge in [-0.2, -0.15) is 0 Å². The third-order valence-corrected chi connectivity index (χ3v) is 4.44. The quantitative estimate of drug-likeness (QED) is 0.803. The minimum Gasteiger partial charge on any atom is -0.324 e. The first-order valence-corrected chi connectivity index (χ1v) is 7.17. The van der Waals surface area contributed by atoms with Crippen molar-refractivity contribution in [2.24, 2.45) is 5.73 Å². The molecule has 1 nitrogen and oxygen atoms in total. The molecular formula is C14H11BrCl2FN. The molecule has 0 aromatic heterocycles. The highest BCUT2D eigenvalue weighted by atomic mass is 79.9. The van der Waals surface area contributed by atoms with Crippen LogP contribution < -0.4 is 5.73 Å². The Labute approximate surface area is 129 Å². The van der Waals surface area contributed by atoms with Crippen LogP contribution in [0.15, 0.2) is 40.9 Å². The molecule has 2 aromatic carbocycles. The van der Waals surface area contributed by atoms with Crippen LogP contribution in [0.2, 0.25) is 10.0 Å². The van der Waals surface area contributed by atoms with E-state index < -0.39 is 5.82 Å². The van der Waals surface area contributed by atoms with Gasteiger partial charge in [-0.1, -0.05) is 41.4 Å². The van der Waals surface area contributed by atoms with E-state index in [1.165, 1.54) is 12.1 Å². The highest BCUT2D eigenvalue weighted by Gasteiger charge is 2.13. The van der Waals surface area contributed by atoms with E-state index in [-0.39, 0.29) is 11.1 Å². The SMILES string of the molecule is NC(Cc1ccc(Cl)c(F)c1)c1cccc(Br)c1Cl. The molecule has 100 valence electrons. The highest BCUT2D eigenvalue weighted by Crippen LogP contribution is 2.31. The fraction of sp³-hybridized carbons (Fsp3) is 0.143. The molecule has 2 rings (SSSR count). The van der Waals surface area contributed by atoms with Crippen LogP contribution in [0, 0.1) is 5.82 Å². The van der Waals surface area contributed by atoms with Crippen LogP contribution >= 0.6 is 39.1 Å². The summed E-state index contributed by atoms with van der Waals surface area (Å²) in [4.78, 5) is 0. The first-order chi connectivity index (χ1) is 8.99. The Morgan fingerprint density at radius 1 is 1.21 bits per heavy atom. The molecule has 2 aromatic rings. The third kappa shape index (κ3) is 3.48. The van der Waals surface area contributed by atoms with E-state index in [0.717, 1.165) is 15.6 Å². The lowest BCUT2D eigenvalue weighted by molar-refractivity contribution is 0.622. The molecule has 0 aliphatic carbocycles. The smallest absolute Gasteiger partial charge is 0.142 e. The van der Waals surface area contributed by atoms with Gasteiger partial charge in [0.15, 0.2) is 0 Å². The second-order valence-corrected chi connectivity index (χ2v) is 5.84. The first kappa shape index (κ1) is 14.8. The molecule has 0 fully saturated rings. The van der Waals surface area contributed by atoms with Crippen LogP contribution in [0.3, 0.4) is 0 Å². The van der Waals surface area contributed by atoms with Crippen molar-refractivity contribution in [1.29, 1.82) is 0 Å². The van der Waals surface area contributed by atoms with Gasteiger partial charge in [0.1, 0.15) is 5.82 Å². The molecule has 0 aliphatic heterocycles. The lowest BCUT2D eigenvalue weighted by Crippen LogP contribution is -2.14. The maximum atomic E-state index is 13.4. The molecule has 0 aliphatic rings. The normalized spacial score (nSPS) is 12.5. The lowest BCUT2D eigenvalue weighted by atomic mass is 9.99. The van der Waals surface area contributed by atoms with Gasteiger partial charge in [-0.3, -0.25) is 0 Å². The Morgan fingerprint density at radius 3 is 2.63 bits per heavy atom. The maximum Gasteiger partial charge on any atom is 0.142 e.